The van der Waals surface area contributed by atoms with Crippen LogP contribution < -0.4 is 10.1 Å². The van der Waals surface area contributed by atoms with Crippen LogP contribution in [0, 0.1) is 23.5 Å². The molecule has 1 aliphatic rings. The first kappa shape index (κ1) is 19.2. The van der Waals surface area contributed by atoms with Crippen LogP contribution in [0.2, 0.25) is 0 Å². The van der Waals surface area contributed by atoms with Crippen molar-refractivity contribution in [2.45, 2.75) is 25.7 Å². The highest BCUT2D eigenvalue weighted by atomic mass is 19.1. The normalized spacial score (nSPS) is 14.3. The number of hydrogen-bond acceptors (Lipinski definition) is 4. The molecule has 3 aromatic rings. The maximum absolute atomic E-state index is 14.8. The number of fused-ring (bicyclic) bond motifs is 1. The van der Waals surface area contributed by atoms with Crippen molar-refractivity contribution in [3.8, 4) is 5.88 Å². The Bertz CT molecular complexity index is 1070. The van der Waals surface area contributed by atoms with Crippen molar-refractivity contribution >= 4 is 22.4 Å². The summed E-state index contributed by atoms with van der Waals surface area (Å²) in [5.41, 5.74) is -0.626. The molecule has 0 unspecified atom stereocenters. The molecule has 0 radical (unpaired) electrons. The Labute approximate surface area is 164 Å². The van der Waals surface area contributed by atoms with Crippen molar-refractivity contribution in [2.75, 3.05) is 11.9 Å². The van der Waals surface area contributed by atoms with Gasteiger partial charge in [-0.3, -0.25) is 4.79 Å². The molecule has 2 heterocycles. The van der Waals surface area contributed by atoms with Gasteiger partial charge in [0.25, 0.3) is 5.91 Å². The summed E-state index contributed by atoms with van der Waals surface area (Å²) >= 11 is 0. The molecule has 1 aliphatic carbocycles. The van der Waals surface area contributed by atoms with E-state index in [1.807, 2.05) is 0 Å². The summed E-state index contributed by atoms with van der Waals surface area (Å²) in [6.07, 6.45) is 6.03. The number of carbonyl (C=O) groups excluding carboxylic acids is 1. The van der Waals surface area contributed by atoms with Crippen molar-refractivity contribution in [3.05, 3.63) is 59.8 Å². The number of anilines is 1. The third-order valence-corrected chi connectivity index (χ3v) is 5.00. The van der Waals surface area contributed by atoms with Gasteiger partial charge in [-0.25, -0.2) is 18.7 Å². The molecule has 5 nitrogen and oxygen atoms in total. The molecule has 0 spiro atoms. The fraction of sp³-hybridized carbons (Fsp3) is 0.286. The first-order chi connectivity index (χ1) is 14.0. The number of pyridine rings is 2. The quantitative estimate of drug-likeness (QED) is 0.620. The number of rotatable bonds is 5. The Morgan fingerprint density at radius 1 is 1.10 bits per heavy atom. The van der Waals surface area contributed by atoms with Crippen LogP contribution in [-0.4, -0.2) is 22.5 Å². The average Bonchev–Trinajstić information content (AvgIpc) is 3.21. The number of benzene rings is 1. The predicted molar refractivity (Wildman–Crippen MR) is 101 cm³/mol. The molecule has 0 bridgehead atoms. The second kappa shape index (κ2) is 8.06. The molecule has 1 N–H and O–H groups in total. The van der Waals surface area contributed by atoms with E-state index in [0.717, 1.165) is 31.0 Å². The van der Waals surface area contributed by atoms with E-state index < -0.39 is 29.2 Å². The van der Waals surface area contributed by atoms with E-state index in [4.69, 9.17) is 4.74 Å². The van der Waals surface area contributed by atoms with E-state index in [9.17, 15) is 18.0 Å². The summed E-state index contributed by atoms with van der Waals surface area (Å²) in [7, 11) is 0. The van der Waals surface area contributed by atoms with Crippen molar-refractivity contribution in [3.63, 3.8) is 0 Å². The molecule has 0 atom stereocenters. The minimum absolute atomic E-state index is 0.0819. The SMILES string of the molecule is O=C(Nc1cc(F)c2c(OCC3CCCC3)nccc2c1)c1nc(F)ccc1F. The fourth-order valence-electron chi connectivity index (χ4n) is 3.56. The second-order valence-corrected chi connectivity index (χ2v) is 7.05. The minimum atomic E-state index is -0.989. The number of ether oxygens (including phenoxy) is 1. The van der Waals surface area contributed by atoms with Gasteiger partial charge in [0.2, 0.25) is 11.8 Å². The van der Waals surface area contributed by atoms with Crippen LogP contribution in [0.5, 0.6) is 5.88 Å². The number of halogens is 3. The lowest BCUT2D eigenvalue weighted by Gasteiger charge is -2.13. The average molecular weight is 401 g/mol. The van der Waals surface area contributed by atoms with Crippen LogP contribution in [0.25, 0.3) is 10.8 Å². The first-order valence-corrected chi connectivity index (χ1v) is 9.36. The molecule has 0 aliphatic heterocycles. The van der Waals surface area contributed by atoms with Crippen molar-refractivity contribution in [1.82, 2.24) is 9.97 Å². The number of carbonyl (C=O) groups is 1. The van der Waals surface area contributed by atoms with Crippen molar-refractivity contribution in [2.24, 2.45) is 5.92 Å². The summed E-state index contributed by atoms with van der Waals surface area (Å²) in [4.78, 5) is 19.6. The monoisotopic (exact) mass is 401 g/mol. The van der Waals surface area contributed by atoms with E-state index in [0.29, 0.717) is 17.9 Å². The highest BCUT2D eigenvalue weighted by molar-refractivity contribution is 6.04. The zero-order chi connectivity index (χ0) is 20.4. The van der Waals surface area contributed by atoms with E-state index in [2.05, 4.69) is 15.3 Å². The predicted octanol–water partition coefficient (Wildman–Crippen LogP) is 4.87. The summed E-state index contributed by atoms with van der Waals surface area (Å²) in [6.45, 7) is 0.481. The first-order valence-electron chi connectivity index (χ1n) is 9.36. The molecule has 1 amide bonds. The zero-order valence-corrected chi connectivity index (χ0v) is 15.4. The fourth-order valence-corrected chi connectivity index (χ4v) is 3.56. The van der Waals surface area contributed by atoms with Gasteiger partial charge in [0.1, 0.15) is 5.82 Å². The van der Waals surface area contributed by atoms with Crippen molar-refractivity contribution in [1.29, 1.82) is 0 Å². The van der Waals surface area contributed by atoms with E-state index in [1.165, 1.54) is 25.1 Å². The van der Waals surface area contributed by atoms with E-state index in [-0.39, 0.29) is 17.0 Å². The molecule has 1 aromatic carbocycles. The van der Waals surface area contributed by atoms with Gasteiger partial charge in [0.05, 0.1) is 12.0 Å². The summed E-state index contributed by atoms with van der Waals surface area (Å²) < 4.78 is 47.5. The van der Waals surface area contributed by atoms with Crippen LogP contribution in [0.4, 0.5) is 18.9 Å². The molecule has 29 heavy (non-hydrogen) atoms. The third-order valence-electron chi connectivity index (χ3n) is 5.00. The molecule has 2 aromatic heterocycles. The molecular formula is C21H18F3N3O2. The Balaban J connectivity index is 1.58. The van der Waals surface area contributed by atoms with Crippen molar-refractivity contribution < 1.29 is 22.7 Å². The lowest BCUT2D eigenvalue weighted by Crippen LogP contribution is -2.16. The summed E-state index contributed by atoms with van der Waals surface area (Å²) in [6, 6.07) is 5.79. The molecular weight excluding hydrogens is 383 g/mol. The summed E-state index contributed by atoms with van der Waals surface area (Å²) in [5, 5.41) is 3.02. The maximum atomic E-state index is 14.8. The highest BCUT2D eigenvalue weighted by Crippen LogP contribution is 2.31. The number of hydrogen-bond donors (Lipinski definition) is 1. The topological polar surface area (TPSA) is 64.1 Å². The standard InChI is InChI=1S/C21H18F3N3O2/c22-15-5-6-17(24)27-19(15)20(28)26-14-9-13-7-8-25-21(18(13)16(23)10-14)29-11-12-3-1-2-4-12/h5-10,12H,1-4,11H2,(H,26,28). The van der Waals surface area contributed by atoms with E-state index in [1.54, 1.807) is 6.07 Å². The Kier molecular flexibility index (Phi) is 5.33. The van der Waals surface area contributed by atoms with Crippen LogP contribution in [0.1, 0.15) is 36.2 Å². The van der Waals surface area contributed by atoms with Gasteiger partial charge in [-0.1, -0.05) is 12.8 Å². The van der Waals surface area contributed by atoms with Gasteiger partial charge in [0, 0.05) is 11.9 Å². The third kappa shape index (κ3) is 4.16. The van der Waals surface area contributed by atoms with Crippen LogP contribution >= 0.6 is 0 Å². The Hall–Kier alpha value is -3.16. The van der Waals surface area contributed by atoms with Crippen LogP contribution in [0.3, 0.4) is 0 Å². The number of amides is 1. The summed E-state index contributed by atoms with van der Waals surface area (Å²) in [5.74, 6) is -2.94. The van der Waals surface area contributed by atoms with Gasteiger partial charge in [-0.15, -0.1) is 0 Å². The highest BCUT2D eigenvalue weighted by Gasteiger charge is 2.19. The Morgan fingerprint density at radius 2 is 1.90 bits per heavy atom. The largest absolute Gasteiger partial charge is 0.477 e. The molecule has 8 heteroatoms. The maximum Gasteiger partial charge on any atom is 0.277 e. The number of nitrogens with one attached hydrogen (secondary N) is 1. The van der Waals surface area contributed by atoms with Gasteiger partial charge < -0.3 is 10.1 Å². The van der Waals surface area contributed by atoms with E-state index >= 15 is 0 Å². The molecule has 1 fully saturated rings. The second-order valence-electron chi connectivity index (χ2n) is 7.05. The van der Waals surface area contributed by atoms with Gasteiger partial charge in [-0.2, -0.15) is 4.39 Å². The van der Waals surface area contributed by atoms with Crippen LogP contribution in [0.15, 0.2) is 36.5 Å². The molecule has 1 saturated carbocycles. The molecule has 150 valence electrons. The minimum Gasteiger partial charge on any atom is -0.477 e. The van der Waals surface area contributed by atoms with Gasteiger partial charge in [-0.05, 0) is 54.5 Å². The smallest absolute Gasteiger partial charge is 0.277 e. The van der Waals surface area contributed by atoms with Crippen LogP contribution in [-0.2, 0) is 0 Å². The lowest BCUT2D eigenvalue weighted by molar-refractivity contribution is 0.101. The molecule has 4 rings (SSSR count). The number of aromatic nitrogens is 2. The zero-order valence-electron chi connectivity index (χ0n) is 15.4. The van der Waals surface area contributed by atoms with Gasteiger partial charge in [0.15, 0.2) is 11.5 Å². The lowest BCUT2D eigenvalue weighted by atomic mass is 10.1. The van der Waals surface area contributed by atoms with Gasteiger partial charge >= 0.3 is 0 Å². The molecule has 0 saturated heterocycles. The number of nitrogens with zero attached hydrogens (tertiary/aromatic N) is 2. The Morgan fingerprint density at radius 3 is 2.69 bits per heavy atom.